The molecular formula is C15H15BrN2O. The highest BCUT2D eigenvalue weighted by Gasteiger charge is 2.06. The molecule has 0 atom stereocenters. The van der Waals surface area contributed by atoms with Gasteiger partial charge >= 0.3 is 6.03 Å². The molecule has 0 saturated carbocycles. The van der Waals surface area contributed by atoms with Gasteiger partial charge in [-0.1, -0.05) is 24.3 Å². The lowest BCUT2D eigenvalue weighted by molar-refractivity contribution is 0.262. The zero-order chi connectivity index (χ0) is 13.8. The van der Waals surface area contributed by atoms with Crippen LogP contribution in [-0.2, 0) is 0 Å². The predicted molar refractivity (Wildman–Crippen MR) is 82.7 cm³/mol. The van der Waals surface area contributed by atoms with Gasteiger partial charge in [-0.3, -0.25) is 0 Å². The van der Waals surface area contributed by atoms with Crippen LogP contribution in [0.25, 0.3) is 0 Å². The molecule has 0 unspecified atom stereocenters. The Morgan fingerprint density at radius 2 is 1.68 bits per heavy atom. The van der Waals surface area contributed by atoms with Gasteiger partial charge in [0.25, 0.3) is 0 Å². The van der Waals surface area contributed by atoms with E-state index in [4.69, 9.17) is 0 Å². The van der Waals surface area contributed by atoms with Crippen LogP contribution in [0.3, 0.4) is 0 Å². The highest BCUT2D eigenvalue weighted by atomic mass is 79.9. The molecule has 0 saturated heterocycles. The SMILES string of the molecule is Cc1ccc(NC(=O)Nc2ccccc2C)c(Br)c1. The highest BCUT2D eigenvalue weighted by Crippen LogP contribution is 2.23. The molecule has 2 aromatic carbocycles. The molecule has 0 aromatic heterocycles. The average Bonchev–Trinajstić information content (AvgIpc) is 2.36. The summed E-state index contributed by atoms with van der Waals surface area (Å²) in [5, 5.41) is 5.65. The second-order valence-corrected chi connectivity index (χ2v) is 5.23. The van der Waals surface area contributed by atoms with Crippen LogP contribution in [0.2, 0.25) is 0 Å². The largest absolute Gasteiger partial charge is 0.323 e. The van der Waals surface area contributed by atoms with E-state index in [9.17, 15) is 4.79 Å². The number of hydrogen-bond donors (Lipinski definition) is 2. The summed E-state index contributed by atoms with van der Waals surface area (Å²) in [5.74, 6) is 0. The molecule has 0 spiro atoms. The molecule has 2 aromatic rings. The van der Waals surface area contributed by atoms with E-state index in [1.54, 1.807) is 0 Å². The van der Waals surface area contributed by atoms with Crippen molar-refractivity contribution < 1.29 is 4.79 Å². The zero-order valence-electron chi connectivity index (χ0n) is 10.8. The first-order valence-electron chi connectivity index (χ1n) is 5.96. The van der Waals surface area contributed by atoms with Crippen LogP contribution in [0.5, 0.6) is 0 Å². The van der Waals surface area contributed by atoms with Crippen LogP contribution in [-0.4, -0.2) is 6.03 Å². The highest BCUT2D eigenvalue weighted by molar-refractivity contribution is 9.10. The Kier molecular flexibility index (Phi) is 4.22. The molecule has 3 nitrogen and oxygen atoms in total. The molecule has 2 amide bonds. The summed E-state index contributed by atoms with van der Waals surface area (Å²) in [7, 11) is 0. The Labute approximate surface area is 121 Å². The molecule has 2 rings (SSSR count). The lowest BCUT2D eigenvalue weighted by Crippen LogP contribution is -2.20. The maximum Gasteiger partial charge on any atom is 0.323 e. The summed E-state index contributed by atoms with van der Waals surface area (Å²) in [4.78, 5) is 11.9. The number of rotatable bonds is 2. The monoisotopic (exact) mass is 318 g/mol. The molecule has 0 aliphatic carbocycles. The Morgan fingerprint density at radius 3 is 2.37 bits per heavy atom. The van der Waals surface area contributed by atoms with Crippen LogP contribution in [0.4, 0.5) is 16.2 Å². The van der Waals surface area contributed by atoms with E-state index in [2.05, 4.69) is 26.6 Å². The molecule has 98 valence electrons. The van der Waals surface area contributed by atoms with Gasteiger partial charge in [0.1, 0.15) is 0 Å². The van der Waals surface area contributed by atoms with Gasteiger partial charge in [0, 0.05) is 10.2 Å². The van der Waals surface area contributed by atoms with Crippen LogP contribution in [0.1, 0.15) is 11.1 Å². The topological polar surface area (TPSA) is 41.1 Å². The van der Waals surface area contributed by atoms with E-state index in [1.165, 1.54) is 0 Å². The fraction of sp³-hybridized carbons (Fsp3) is 0.133. The summed E-state index contributed by atoms with van der Waals surface area (Å²) < 4.78 is 0.868. The van der Waals surface area contributed by atoms with Gasteiger partial charge in [-0.2, -0.15) is 0 Å². The Bertz CT molecular complexity index is 611. The average molecular weight is 319 g/mol. The lowest BCUT2D eigenvalue weighted by atomic mass is 10.2. The van der Waals surface area contributed by atoms with Crippen molar-refractivity contribution >= 4 is 33.3 Å². The molecule has 0 aliphatic rings. The first kappa shape index (κ1) is 13.6. The number of carbonyl (C=O) groups is 1. The molecular weight excluding hydrogens is 304 g/mol. The smallest absolute Gasteiger partial charge is 0.307 e. The summed E-state index contributed by atoms with van der Waals surface area (Å²) in [6.07, 6.45) is 0. The number of nitrogens with one attached hydrogen (secondary N) is 2. The van der Waals surface area contributed by atoms with E-state index in [0.29, 0.717) is 0 Å². The maximum absolute atomic E-state index is 11.9. The fourth-order valence-corrected chi connectivity index (χ4v) is 2.30. The van der Waals surface area contributed by atoms with Crippen molar-refractivity contribution in [2.75, 3.05) is 10.6 Å². The third-order valence-corrected chi connectivity index (χ3v) is 3.42. The Morgan fingerprint density at radius 1 is 1.00 bits per heavy atom. The number of benzene rings is 2. The molecule has 0 radical (unpaired) electrons. The van der Waals surface area contributed by atoms with Gasteiger partial charge in [0.05, 0.1) is 5.69 Å². The van der Waals surface area contributed by atoms with Crippen molar-refractivity contribution in [3.8, 4) is 0 Å². The van der Waals surface area contributed by atoms with Crippen molar-refractivity contribution in [3.05, 3.63) is 58.1 Å². The molecule has 19 heavy (non-hydrogen) atoms. The number of carbonyl (C=O) groups excluding carboxylic acids is 1. The fourth-order valence-electron chi connectivity index (χ4n) is 1.71. The first-order valence-corrected chi connectivity index (χ1v) is 6.75. The summed E-state index contributed by atoms with van der Waals surface area (Å²) >= 11 is 3.43. The minimum absolute atomic E-state index is 0.251. The summed E-state index contributed by atoms with van der Waals surface area (Å²) in [6, 6.07) is 13.2. The number of urea groups is 1. The summed E-state index contributed by atoms with van der Waals surface area (Å²) in [5.41, 5.74) is 3.72. The molecule has 4 heteroatoms. The number of hydrogen-bond acceptors (Lipinski definition) is 1. The Balaban J connectivity index is 2.08. The van der Waals surface area contributed by atoms with Crippen LogP contribution < -0.4 is 10.6 Å². The Hall–Kier alpha value is -1.81. The van der Waals surface area contributed by atoms with Crippen molar-refractivity contribution in [1.82, 2.24) is 0 Å². The van der Waals surface area contributed by atoms with E-state index in [-0.39, 0.29) is 6.03 Å². The minimum atomic E-state index is -0.251. The van der Waals surface area contributed by atoms with E-state index < -0.39 is 0 Å². The third-order valence-electron chi connectivity index (χ3n) is 2.77. The number of aryl methyl sites for hydroxylation is 2. The van der Waals surface area contributed by atoms with Crippen molar-refractivity contribution in [3.63, 3.8) is 0 Å². The second kappa shape index (κ2) is 5.89. The first-order chi connectivity index (χ1) is 9.06. The van der Waals surface area contributed by atoms with Gasteiger partial charge < -0.3 is 10.6 Å². The van der Waals surface area contributed by atoms with Gasteiger partial charge in [-0.05, 0) is 59.1 Å². The standard InChI is InChI=1S/C15H15BrN2O/c1-10-7-8-14(12(16)9-10)18-15(19)17-13-6-4-3-5-11(13)2/h3-9H,1-2H3,(H2,17,18,19). The summed E-state index contributed by atoms with van der Waals surface area (Å²) in [6.45, 7) is 3.96. The van der Waals surface area contributed by atoms with Gasteiger partial charge in [-0.15, -0.1) is 0 Å². The van der Waals surface area contributed by atoms with E-state index >= 15 is 0 Å². The van der Waals surface area contributed by atoms with Crippen LogP contribution in [0, 0.1) is 13.8 Å². The van der Waals surface area contributed by atoms with Crippen molar-refractivity contribution in [2.45, 2.75) is 13.8 Å². The maximum atomic E-state index is 11.9. The third kappa shape index (κ3) is 3.58. The van der Waals surface area contributed by atoms with Gasteiger partial charge in [0.15, 0.2) is 0 Å². The van der Waals surface area contributed by atoms with Crippen molar-refractivity contribution in [1.29, 1.82) is 0 Å². The normalized spacial score (nSPS) is 10.1. The van der Waals surface area contributed by atoms with E-state index in [0.717, 1.165) is 27.0 Å². The molecule has 0 bridgehead atoms. The predicted octanol–water partition coefficient (Wildman–Crippen LogP) is 4.71. The number of anilines is 2. The number of para-hydroxylation sites is 1. The van der Waals surface area contributed by atoms with Gasteiger partial charge in [-0.25, -0.2) is 4.79 Å². The number of amides is 2. The second-order valence-electron chi connectivity index (χ2n) is 4.38. The van der Waals surface area contributed by atoms with Crippen LogP contribution >= 0.6 is 15.9 Å². The molecule has 2 N–H and O–H groups in total. The zero-order valence-corrected chi connectivity index (χ0v) is 12.4. The molecule has 0 heterocycles. The van der Waals surface area contributed by atoms with Crippen molar-refractivity contribution in [2.24, 2.45) is 0 Å². The van der Waals surface area contributed by atoms with Crippen LogP contribution in [0.15, 0.2) is 46.9 Å². The lowest BCUT2D eigenvalue weighted by Gasteiger charge is -2.11. The van der Waals surface area contributed by atoms with Gasteiger partial charge in [0.2, 0.25) is 0 Å². The number of halogens is 1. The minimum Gasteiger partial charge on any atom is -0.307 e. The van der Waals surface area contributed by atoms with E-state index in [1.807, 2.05) is 56.3 Å². The molecule has 0 fully saturated rings. The quantitative estimate of drug-likeness (QED) is 0.827. The molecule has 0 aliphatic heterocycles.